The van der Waals surface area contributed by atoms with Crippen molar-refractivity contribution in [2.75, 3.05) is 0 Å². The van der Waals surface area contributed by atoms with Crippen LogP contribution in [-0.4, -0.2) is 6.04 Å². The SMILES string of the molecule is CC(C)CC(N)C(c1ccccc1)c1ccccc1. The van der Waals surface area contributed by atoms with E-state index in [4.69, 9.17) is 5.73 Å². The molecule has 0 aliphatic heterocycles. The minimum absolute atomic E-state index is 0.157. The molecule has 2 aromatic carbocycles. The summed E-state index contributed by atoms with van der Waals surface area (Å²) in [6, 6.07) is 21.3. The zero-order valence-electron chi connectivity index (χ0n) is 11.8. The van der Waals surface area contributed by atoms with Crippen molar-refractivity contribution in [1.82, 2.24) is 0 Å². The van der Waals surface area contributed by atoms with Gasteiger partial charge in [-0.2, -0.15) is 0 Å². The van der Waals surface area contributed by atoms with Crippen molar-refractivity contribution in [3.63, 3.8) is 0 Å². The predicted molar refractivity (Wildman–Crippen MR) is 82.2 cm³/mol. The van der Waals surface area contributed by atoms with E-state index in [1.165, 1.54) is 11.1 Å². The number of hydrogen-bond donors (Lipinski definition) is 1. The Morgan fingerprint density at radius 2 is 1.21 bits per heavy atom. The Kier molecular flexibility index (Phi) is 4.75. The van der Waals surface area contributed by atoms with Gasteiger partial charge in [0.05, 0.1) is 0 Å². The Balaban J connectivity index is 2.34. The van der Waals surface area contributed by atoms with Crippen LogP contribution in [0.5, 0.6) is 0 Å². The molecule has 1 unspecified atom stereocenters. The van der Waals surface area contributed by atoms with Gasteiger partial charge in [-0.05, 0) is 23.5 Å². The van der Waals surface area contributed by atoms with Crippen LogP contribution in [0.1, 0.15) is 37.3 Å². The fourth-order valence-corrected chi connectivity index (χ4v) is 2.69. The van der Waals surface area contributed by atoms with E-state index in [-0.39, 0.29) is 12.0 Å². The summed E-state index contributed by atoms with van der Waals surface area (Å²) in [4.78, 5) is 0. The summed E-state index contributed by atoms with van der Waals surface area (Å²) in [5.41, 5.74) is 9.10. The smallest absolute Gasteiger partial charge is 0.0241 e. The normalized spacial score (nSPS) is 12.9. The number of hydrogen-bond acceptors (Lipinski definition) is 1. The van der Waals surface area contributed by atoms with Gasteiger partial charge < -0.3 is 5.73 Å². The van der Waals surface area contributed by atoms with Crippen LogP contribution in [0.3, 0.4) is 0 Å². The molecule has 2 aromatic rings. The van der Waals surface area contributed by atoms with Gasteiger partial charge in [0.1, 0.15) is 0 Å². The van der Waals surface area contributed by atoms with Crippen LogP contribution >= 0.6 is 0 Å². The molecule has 0 bridgehead atoms. The lowest BCUT2D eigenvalue weighted by atomic mass is 9.82. The van der Waals surface area contributed by atoms with Gasteiger partial charge in [-0.25, -0.2) is 0 Å². The van der Waals surface area contributed by atoms with E-state index >= 15 is 0 Å². The average Bonchev–Trinajstić information content (AvgIpc) is 2.40. The van der Waals surface area contributed by atoms with Crippen molar-refractivity contribution >= 4 is 0 Å². The van der Waals surface area contributed by atoms with E-state index in [0.717, 1.165) is 6.42 Å². The molecule has 0 aliphatic carbocycles. The van der Waals surface area contributed by atoms with Crippen LogP contribution in [0.15, 0.2) is 60.7 Å². The van der Waals surface area contributed by atoms with E-state index < -0.39 is 0 Å². The summed E-state index contributed by atoms with van der Waals surface area (Å²) in [6.07, 6.45) is 1.04. The van der Waals surface area contributed by atoms with Gasteiger partial charge in [-0.3, -0.25) is 0 Å². The monoisotopic (exact) mass is 253 g/mol. The Labute approximate surface area is 116 Å². The average molecular weight is 253 g/mol. The van der Waals surface area contributed by atoms with Crippen LogP contribution in [0.25, 0.3) is 0 Å². The van der Waals surface area contributed by atoms with Gasteiger partial charge in [-0.1, -0.05) is 74.5 Å². The fraction of sp³-hybridized carbons (Fsp3) is 0.333. The Hall–Kier alpha value is -1.60. The quantitative estimate of drug-likeness (QED) is 0.849. The van der Waals surface area contributed by atoms with Crippen molar-refractivity contribution in [1.29, 1.82) is 0 Å². The van der Waals surface area contributed by atoms with E-state index in [0.29, 0.717) is 5.92 Å². The van der Waals surface area contributed by atoms with E-state index in [1.807, 2.05) is 0 Å². The molecule has 2 rings (SSSR count). The molecule has 0 fully saturated rings. The van der Waals surface area contributed by atoms with Crippen molar-refractivity contribution in [3.8, 4) is 0 Å². The van der Waals surface area contributed by atoms with Crippen molar-refractivity contribution in [2.24, 2.45) is 11.7 Å². The molecule has 100 valence electrons. The number of nitrogens with two attached hydrogens (primary N) is 1. The van der Waals surface area contributed by atoms with Gasteiger partial charge in [0, 0.05) is 12.0 Å². The van der Waals surface area contributed by atoms with Gasteiger partial charge >= 0.3 is 0 Å². The molecular formula is C18H23N. The topological polar surface area (TPSA) is 26.0 Å². The lowest BCUT2D eigenvalue weighted by molar-refractivity contribution is 0.462. The third-order valence-electron chi connectivity index (χ3n) is 3.49. The first-order valence-corrected chi connectivity index (χ1v) is 7.04. The van der Waals surface area contributed by atoms with Crippen molar-refractivity contribution < 1.29 is 0 Å². The maximum absolute atomic E-state index is 6.48. The van der Waals surface area contributed by atoms with E-state index in [9.17, 15) is 0 Å². The second-order valence-electron chi connectivity index (χ2n) is 5.59. The molecule has 1 nitrogen and oxygen atoms in total. The van der Waals surface area contributed by atoms with Gasteiger partial charge in [0.25, 0.3) is 0 Å². The highest BCUT2D eigenvalue weighted by molar-refractivity contribution is 5.34. The molecule has 0 amide bonds. The Morgan fingerprint density at radius 1 is 0.789 bits per heavy atom. The molecule has 1 heteroatoms. The number of benzene rings is 2. The molecule has 2 N–H and O–H groups in total. The molecule has 0 spiro atoms. The first-order chi connectivity index (χ1) is 9.18. The van der Waals surface area contributed by atoms with E-state index in [2.05, 4.69) is 74.5 Å². The van der Waals surface area contributed by atoms with Crippen LogP contribution < -0.4 is 5.73 Å². The summed E-state index contributed by atoms with van der Waals surface area (Å²) in [7, 11) is 0. The Bertz CT molecular complexity index is 436. The Morgan fingerprint density at radius 3 is 1.58 bits per heavy atom. The fourth-order valence-electron chi connectivity index (χ4n) is 2.69. The lowest BCUT2D eigenvalue weighted by Crippen LogP contribution is -2.30. The zero-order chi connectivity index (χ0) is 13.7. The summed E-state index contributed by atoms with van der Waals surface area (Å²) < 4.78 is 0. The first-order valence-electron chi connectivity index (χ1n) is 7.04. The second-order valence-corrected chi connectivity index (χ2v) is 5.59. The van der Waals surface area contributed by atoms with Crippen molar-refractivity contribution in [2.45, 2.75) is 32.2 Å². The lowest BCUT2D eigenvalue weighted by Gasteiger charge is -2.26. The maximum Gasteiger partial charge on any atom is 0.0241 e. The highest BCUT2D eigenvalue weighted by Gasteiger charge is 2.22. The first kappa shape index (κ1) is 13.8. The summed E-state index contributed by atoms with van der Waals surface area (Å²) in [6.45, 7) is 4.46. The van der Waals surface area contributed by atoms with Crippen LogP contribution in [-0.2, 0) is 0 Å². The second kappa shape index (κ2) is 6.53. The van der Waals surface area contributed by atoms with Gasteiger partial charge in [0.15, 0.2) is 0 Å². The van der Waals surface area contributed by atoms with Crippen LogP contribution in [0.4, 0.5) is 0 Å². The molecule has 0 saturated heterocycles. The highest BCUT2D eigenvalue weighted by atomic mass is 14.7. The maximum atomic E-state index is 6.48. The summed E-state index contributed by atoms with van der Waals surface area (Å²) >= 11 is 0. The summed E-state index contributed by atoms with van der Waals surface area (Å²) in [5, 5.41) is 0. The third-order valence-corrected chi connectivity index (χ3v) is 3.49. The third kappa shape index (κ3) is 3.68. The van der Waals surface area contributed by atoms with Crippen LogP contribution in [0, 0.1) is 5.92 Å². The van der Waals surface area contributed by atoms with E-state index in [1.54, 1.807) is 0 Å². The highest BCUT2D eigenvalue weighted by Crippen LogP contribution is 2.29. The standard InChI is InChI=1S/C18H23N/c1-14(2)13-17(19)18(15-9-5-3-6-10-15)16-11-7-4-8-12-16/h3-12,14,17-18H,13,19H2,1-2H3. The molecule has 19 heavy (non-hydrogen) atoms. The largest absolute Gasteiger partial charge is 0.327 e. The summed E-state index contributed by atoms with van der Waals surface area (Å²) in [5.74, 6) is 0.898. The molecule has 0 radical (unpaired) electrons. The minimum atomic E-state index is 0.157. The molecule has 0 aromatic heterocycles. The molecule has 0 saturated carbocycles. The number of rotatable bonds is 5. The minimum Gasteiger partial charge on any atom is -0.327 e. The van der Waals surface area contributed by atoms with Gasteiger partial charge in [0.2, 0.25) is 0 Å². The van der Waals surface area contributed by atoms with Crippen LogP contribution in [0.2, 0.25) is 0 Å². The molecule has 0 heterocycles. The zero-order valence-corrected chi connectivity index (χ0v) is 11.8. The van der Waals surface area contributed by atoms with Gasteiger partial charge in [-0.15, -0.1) is 0 Å². The molecular weight excluding hydrogens is 230 g/mol. The predicted octanol–water partition coefficient (Wildman–Crippen LogP) is 4.19. The molecule has 0 aliphatic rings. The van der Waals surface area contributed by atoms with Crippen molar-refractivity contribution in [3.05, 3.63) is 71.8 Å². The molecule has 1 atom stereocenters.